The molecule has 0 fully saturated rings. The van der Waals surface area contributed by atoms with Crippen LogP contribution in [0.15, 0.2) is 67.0 Å². The number of benzene rings is 2. The van der Waals surface area contributed by atoms with Crippen LogP contribution in [0, 0.1) is 13.8 Å². The summed E-state index contributed by atoms with van der Waals surface area (Å²) in [5.74, 6) is 0.750. The van der Waals surface area contributed by atoms with Gasteiger partial charge in [0.25, 0.3) is 0 Å². The highest BCUT2D eigenvalue weighted by molar-refractivity contribution is 5.78. The third kappa shape index (κ3) is 3.85. The van der Waals surface area contributed by atoms with Crippen LogP contribution >= 0.6 is 0 Å². The minimum atomic E-state index is -0.00626. The van der Waals surface area contributed by atoms with E-state index < -0.39 is 0 Å². The van der Waals surface area contributed by atoms with Crippen molar-refractivity contribution in [3.05, 3.63) is 89.5 Å². The number of carbonyl (C=O) groups is 1. The lowest BCUT2D eigenvalue weighted by Gasteiger charge is -2.05. The van der Waals surface area contributed by atoms with E-state index >= 15 is 0 Å². The predicted octanol–water partition coefficient (Wildman–Crippen LogP) is 3.91. The van der Waals surface area contributed by atoms with Crippen LogP contribution in [0.4, 0.5) is 0 Å². The molecule has 160 valence electrons. The number of hydrogen-bond donors (Lipinski definition) is 1. The van der Waals surface area contributed by atoms with Crippen LogP contribution in [0.25, 0.3) is 22.4 Å². The van der Waals surface area contributed by atoms with Crippen molar-refractivity contribution in [2.24, 2.45) is 0 Å². The fourth-order valence-corrected chi connectivity index (χ4v) is 3.88. The number of fused-ring (bicyclic) bond motifs is 3. The standard InChI is InChI=1S/C25H24N6O/c1-17-8-9-18(2)20(14-17)21-15-22-25-28-27-23(30(25)12-13-31(22)29-21)10-11-24(32)26-16-19-6-4-3-5-7-19/h3-9,12-15H,10-11,16H2,1-2H3,(H,26,32). The fraction of sp³-hybridized carbons (Fsp3) is 0.200. The summed E-state index contributed by atoms with van der Waals surface area (Å²) in [6, 6.07) is 18.3. The first-order valence-electron chi connectivity index (χ1n) is 10.7. The van der Waals surface area contributed by atoms with Crippen molar-refractivity contribution in [2.75, 3.05) is 0 Å². The minimum absolute atomic E-state index is 0.00626. The van der Waals surface area contributed by atoms with Crippen molar-refractivity contribution < 1.29 is 4.79 Å². The van der Waals surface area contributed by atoms with Gasteiger partial charge in [0.15, 0.2) is 5.65 Å². The van der Waals surface area contributed by atoms with Crippen molar-refractivity contribution in [2.45, 2.75) is 33.2 Å². The van der Waals surface area contributed by atoms with Crippen molar-refractivity contribution in [1.29, 1.82) is 0 Å². The lowest BCUT2D eigenvalue weighted by atomic mass is 10.0. The SMILES string of the molecule is Cc1ccc(C)c(-c2cc3c4nnc(CCC(=O)NCc5ccccc5)n4ccn3n2)c1. The van der Waals surface area contributed by atoms with Gasteiger partial charge in [0.1, 0.15) is 11.3 Å². The Bertz CT molecular complexity index is 1420. The Labute approximate surface area is 185 Å². The molecule has 32 heavy (non-hydrogen) atoms. The van der Waals surface area contributed by atoms with Gasteiger partial charge in [0, 0.05) is 37.3 Å². The van der Waals surface area contributed by atoms with Crippen LogP contribution in [0.1, 0.15) is 28.9 Å². The molecule has 0 unspecified atom stereocenters. The van der Waals surface area contributed by atoms with E-state index in [1.807, 2.05) is 57.7 Å². The van der Waals surface area contributed by atoms with E-state index in [1.165, 1.54) is 11.1 Å². The molecule has 7 nitrogen and oxygen atoms in total. The summed E-state index contributed by atoms with van der Waals surface area (Å²) in [6.07, 6.45) is 4.67. The van der Waals surface area contributed by atoms with Crippen molar-refractivity contribution in [3.63, 3.8) is 0 Å². The zero-order valence-electron chi connectivity index (χ0n) is 18.1. The van der Waals surface area contributed by atoms with Crippen LogP contribution in [-0.2, 0) is 17.8 Å². The Kier molecular flexibility index (Phi) is 5.15. The topological polar surface area (TPSA) is 76.6 Å². The first-order chi connectivity index (χ1) is 15.6. The van der Waals surface area contributed by atoms with Gasteiger partial charge in [-0.2, -0.15) is 5.10 Å². The number of amides is 1. The second-order valence-corrected chi connectivity index (χ2v) is 8.05. The maximum Gasteiger partial charge on any atom is 0.220 e. The molecule has 5 aromatic rings. The molecule has 0 aliphatic rings. The highest BCUT2D eigenvalue weighted by Gasteiger charge is 2.14. The largest absolute Gasteiger partial charge is 0.352 e. The quantitative estimate of drug-likeness (QED) is 0.448. The average Bonchev–Trinajstić information content (AvgIpc) is 3.42. The predicted molar refractivity (Wildman–Crippen MR) is 123 cm³/mol. The fourth-order valence-electron chi connectivity index (χ4n) is 3.88. The van der Waals surface area contributed by atoms with Crippen LogP contribution in [0.2, 0.25) is 0 Å². The number of rotatable bonds is 6. The molecule has 0 aliphatic carbocycles. The van der Waals surface area contributed by atoms with E-state index in [9.17, 15) is 4.79 Å². The Morgan fingerprint density at radius 2 is 1.84 bits per heavy atom. The third-order valence-electron chi connectivity index (χ3n) is 5.67. The van der Waals surface area contributed by atoms with Crippen LogP contribution in [0.5, 0.6) is 0 Å². The minimum Gasteiger partial charge on any atom is -0.352 e. The molecule has 3 aromatic heterocycles. The Hall–Kier alpha value is -4.00. The monoisotopic (exact) mass is 424 g/mol. The van der Waals surface area contributed by atoms with Gasteiger partial charge < -0.3 is 5.32 Å². The van der Waals surface area contributed by atoms with Gasteiger partial charge >= 0.3 is 0 Å². The van der Waals surface area contributed by atoms with Gasteiger partial charge in [-0.05, 0) is 37.1 Å². The normalized spacial score (nSPS) is 11.3. The molecule has 3 heterocycles. The molecule has 0 saturated heterocycles. The summed E-state index contributed by atoms with van der Waals surface area (Å²) in [4.78, 5) is 12.3. The highest BCUT2D eigenvalue weighted by Crippen LogP contribution is 2.26. The summed E-state index contributed by atoms with van der Waals surface area (Å²) in [5.41, 5.74) is 7.09. The van der Waals surface area contributed by atoms with Gasteiger partial charge in [0.2, 0.25) is 5.91 Å². The van der Waals surface area contributed by atoms with Gasteiger partial charge in [-0.25, -0.2) is 4.52 Å². The highest BCUT2D eigenvalue weighted by atomic mass is 16.1. The van der Waals surface area contributed by atoms with Crippen LogP contribution in [-0.4, -0.2) is 30.1 Å². The molecule has 0 bridgehead atoms. The molecule has 7 heteroatoms. The van der Waals surface area contributed by atoms with E-state index in [4.69, 9.17) is 5.10 Å². The van der Waals surface area contributed by atoms with Gasteiger partial charge in [0.05, 0.1) is 5.69 Å². The average molecular weight is 425 g/mol. The number of carbonyl (C=O) groups excluding carboxylic acids is 1. The van der Waals surface area contributed by atoms with Crippen molar-refractivity contribution in [1.82, 2.24) is 29.5 Å². The van der Waals surface area contributed by atoms with Gasteiger partial charge in [-0.15, -0.1) is 10.2 Å². The Balaban J connectivity index is 1.35. The van der Waals surface area contributed by atoms with Crippen LogP contribution in [0.3, 0.4) is 0 Å². The van der Waals surface area contributed by atoms with E-state index in [0.29, 0.717) is 19.4 Å². The lowest BCUT2D eigenvalue weighted by molar-refractivity contribution is -0.121. The first-order valence-corrected chi connectivity index (χ1v) is 10.7. The van der Waals surface area contributed by atoms with E-state index in [-0.39, 0.29) is 5.91 Å². The third-order valence-corrected chi connectivity index (χ3v) is 5.67. The smallest absolute Gasteiger partial charge is 0.220 e. The maximum atomic E-state index is 12.3. The molecular formula is C25H24N6O. The molecule has 0 saturated carbocycles. The molecule has 0 spiro atoms. The molecule has 0 radical (unpaired) electrons. The molecule has 2 aromatic carbocycles. The van der Waals surface area contributed by atoms with Gasteiger partial charge in [-0.3, -0.25) is 9.20 Å². The maximum absolute atomic E-state index is 12.3. The van der Waals surface area contributed by atoms with E-state index in [1.54, 1.807) is 0 Å². The summed E-state index contributed by atoms with van der Waals surface area (Å²) < 4.78 is 3.77. The summed E-state index contributed by atoms with van der Waals surface area (Å²) in [6.45, 7) is 4.70. The van der Waals surface area contributed by atoms with Crippen molar-refractivity contribution >= 4 is 17.1 Å². The number of hydrogen-bond acceptors (Lipinski definition) is 4. The zero-order valence-corrected chi connectivity index (χ0v) is 18.1. The molecule has 1 amide bonds. The molecular weight excluding hydrogens is 400 g/mol. The lowest BCUT2D eigenvalue weighted by Crippen LogP contribution is -2.23. The second kappa shape index (κ2) is 8.26. The number of nitrogens with one attached hydrogen (secondary N) is 1. The Morgan fingerprint density at radius 1 is 1.00 bits per heavy atom. The first kappa shape index (κ1) is 19.9. The second-order valence-electron chi connectivity index (χ2n) is 8.05. The summed E-state index contributed by atoms with van der Waals surface area (Å²) >= 11 is 0. The Morgan fingerprint density at radius 3 is 2.69 bits per heavy atom. The molecule has 5 rings (SSSR count). The number of aromatic nitrogens is 5. The number of nitrogens with zero attached hydrogens (tertiary/aromatic N) is 5. The van der Waals surface area contributed by atoms with E-state index in [0.717, 1.165) is 33.8 Å². The zero-order chi connectivity index (χ0) is 22.1. The molecule has 0 atom stereocenters. The molecule has 1 N–H and O–H groups in total. The van der Waals surface area contributed by atoms with Crippen molar-refractivity contribution in [3.8, 4) is 11.3 Å². The summed E-state index contributed by atoms with van der Waals surface area (Å²) in [5, 5.41) is 16.4. The summed E-state index contributed by atoms with van der Waals surface area (Å²) in [7, 11) is 0. The number of aryl methyl sites for hydroxylation is 3. The van der Waals surface area contributed by atoms with E-state index in [2.05, 4.69) is 47.6 Å². The molecule has 0 aliphatic heterocycles. The van der Waals surface area contributed by atoms with Gasteiger partial charge in [-0.1, -0.05) is 48.0 Å². The van der Waals surface area contributed by atoms with Crippen LogP contribution < -0.4 is 5.32 Å².